The Morgan fingerprint density at radius 2 is 1.78 bits per heavy atom. The maximum Gasteiger partial charge on any atom is 0.338 e. The number of carbonyl (C=O) groups is 3. The summed E-state index contributed by atoms with van der Waals surface area (Å²) in [6, 6.07) is 6.11. The average Bonchev–Trinajstić information content (AvgIpc) is 2.74. The minimum absolute atomic E-state index is 0.0893. The molecule has 0 saturated heterocycles. The van der Waals surface area contributed by atoms with Crippen molar-refractivity contribution in [3.63, 3.8) is 0 Å². The van der Waals surface area contributed by atoms with Crippen LogP contribution in [0.2, 0.25) is 5.02 Å². The van der Waals surface area contributed by atoms with E-state index in [4.69, 9.17) is 16.7 Å². The first kappa shape index (κ1) is 17.0. The van der Waals surface area contributed by atoms with Crippen molar-refractivity contribution < 1.29 is 24.6 Å². The third kappa shape index (κ3) is 3.88. The number of aliphatic carboxylic acids is 1. The number of carbonyl (C=O) groups excluding carboxylic acids is 1. The van der Waals surface area contributed by atoms with Gasteiger partial charge in [-0.25, -0.2) is 4.79 Å². The molecule has 2 rings (SSSR count). The number of benzene rings is 1. The predicted octanol–water partition coefficient (Wildman–Crippen LogP) is 3.29. The number of carboxylic acid groups (broad SMARTS) is 2. The molecule has 23 heavy (non-hydrogen) atoms. The van der Waals surface area contributed by atoms with E-state index in [9.17, 15) is 19.5 Å². The molecule has 0 aliphatic rings. The fourth-order valence-corrected chi connectivity index (χ4v) is 3.30. The number of hydrogen-bond acceptors (Lipinski definition) is 4. The second-order valence-corrected chi connectivity index (χ2v) is 6.23. The molecule has 1 aromatic carbocycles. The highest BCUT2D eigenvalue weighted by atomic mass is 35.5. The second-order valence-electron chi connectivity index (χ2n) is 4.69. The van der Waals surface area contributed by atoms with Gasteiger partial charge in [0.05, 0.1) is 12.0 Å². The molecule has 0 bridgehead atoms. The van der Waals surface area contributed by atoms with Gasteiger partial charge in [-0.2, -0.15) is 0 Å². The molecule has 6 nitrogen and oxygen atoms in total. The molecule has 0 fully saturated rings. The minimum Gasteiger partial charge on any atom is -0.481 e. The summed E-state index contributed by atoms with van der Waals surface area (Å²) < 4.78 is 0. The van der Waals surface area contributed by atoms with Crippen LogP contribution in [-0.2, 0) is 11.2 Å². The second kappa shape index (κ2) is 6.80. The smallest absolute Gasteiger partial charge is 0.338 e. The molecule has 2 aromatic rings. The van der Waals surface area contributed by atoms with Gasteiger partial charge in [-0.15, -0.1) is 11.3 Å². The fourth-order valence-electron chi connectivity index (χ4n) is 1.99. The highest BCUT2D eigenvalue weighted by Crippen LogP contribution is 2.33. The van der Waals surface area contributed by atoms with Gasteiger partial charge in [-0.05, 0) is 36.8 Å². The number of amides is 1. The van der Waals surface area contributed by atoms with E-state index in [1.54, 1.807) is 12.1 Å². The number of nitrogens with one attached hydrogen (secondary N) is 1. The van der Waals surface area contributed by atoms with Gasteiger partial charge >= 0.3 is 11.9 Å². The molecular formula is C15H12ClNO5S. The van der Waals surface area contributed by atoms with Crippen LogP contribution in [0.1, 0.15) is 31.2 Å². The minimum atomic E-state index is -1.22. The first-order valence-electron chi connectivity index (χ1n) is 6.44. The molecule has 3 N–H and O–H groups in total. The van der Waals surface area contributed by atoms with Crippen molar-refractivity contribution in [3.05, 3.63) is 50.9 Å². The van der Waals surface area contributed by atoms with Crippen molar-refractivity contribution in [3.8, 4) is 0 Å². The first-order chi connectivity index (χ1) is 10.8. The van der Waals surface area contributed by atoms with Gasteiger partial charge < -0.3 is 15.5 Å². The maximum absolute atomic E-state index is 12.2. The molecule has 0 aliphatic carbocycles. The Hall–Kier alpha value is -2.38. The highest BCUT2D eigenvalue weighted by molar-refractivity contribution is 7.17. The number of thiophene rings is 1. The summed E-state index contributed by atoms with van der Waals surface area (Å²) in [6.07, 6.45) is -0.298. The molecule has 1 heterocycles. The van der Waals surface area contributed by atoms with E-state index in [-0.39, 0.29) is 17.0 Å². The first-order valence-corrected chi connectivity index (χ1v) is 7.63. The lowest BCUT2D eigenvalue weighted by atomic mass is 10.1. The predicted molar refractivity (Wildman–Crippen MR) is 86.8 cm³/mol. The van der Waals surface area contributed by atoms with Crippen LogP contribution in [0.5, 0.6) is 0 Å². The molecule has 0 aliphatic heterocycles. The van der Waals surface area contributed by atoms with Crippen LogP contribution in [0.3, 0.4) is 0 Å². The van der Waals surface area contributed by atoms with Crippen molar-refractivity contribution in [2.75, 3.05) is 5.32 Å². The standard InChI is InChI=1S/C15H12ClNO5S/c1-7-10(6-11(18)19)23-14(12(7)15(21)22)17-13(20)8-2-4-9(16)5-3-8/h2-5H,6H2,1H3,(H,17,20)(H,18,19)(H,21,22). The third-order valence-corrected chi connectivity index (χ3v) is 4.56. The zero-order valence-corrected chi connectivity index (χ0v) is 13.5. The van der Waals surface area contributed by atoms with E-state index in [0.29, 0.717) is 21.0 Å². The zero-order chi connectivity index (χ0) is 17.1. The molecular weight excluding hydrogens is 342 g/mol. The summed E-state index contributed by atoms with van der Waals surface area (Å²) in [4.78, 5) is 34.8. The lowest BCUT2D eigenvalue weighted by Crippen LogP contribution is -2.13. The number of rotatable bonds is 5. The van der Waals surface area contributed by atoms with E-state index in [0.717, 1.165) is 11.3 Å². The topological polar surface area (TPSA) is 104 Å². The van der Waals surface area contributed by atoms with Crippen molar-refractivity contribution in [1.29, 1.82) is 0 Å². The Morgan fingerprint density at radius 3 is 2.30 bits per heavy atom. The largest absolute Gasteiger partial charge is 0.481 e. The van der Waals surface area contributed by atoms with Crippen LogP contribution in [0.4, 0.5) is 5.00 Å². The zero-order valence-electron chi connectivity index (χ0n) is 11.9. The van der Waals surface area contributed by atoms with Crippen LogP contribution in [-0.4, -0.2) is 28.1 Å². The lowest BCUT2D eigenvalue weighted by molar-refractivity contribution is -0.136. The fraction of sp³-hybridized carbons (Fsp3) is 0.133. The SMILES string of the molecule is Cc1c(CC(=O)O)sc(NC(=O)c2ccc(Cl)cc2)c1C(=O)O. The molecule has 8 heteroatoms. The Kier molecular flexibility index (Phi) is 5.02. The molecule has 0 radical (unpaired) electrons. The molecule has 120 valence electrons. The van der Waals surface area contributed by atoms with Crippen molar-refractivity contribution in [2.24, 2.45) is 0 Å². The van der Waals surface area contributed by atoms with Gasteiger partial charge in [0.1, 0.15) is 5.00 Å². The van der Waals surface area contributed by atoms with Crippen molar-refractivity contribution in [2.45, 2.75) is 13.3 Å². The Bertz CT molecular complexity index is 782. The summed E-state index contributed by atoms with van der Waals surface area (Å²) in [5.41, 5.74) is 0.571. The molecule has 1 aromatic heterocycles. The normalized spacial score (nSPS) is 10.3. The van der Waals surface area contributed by atoms with Gasteiger partial charge in [-0.1, -0.05) is 11.6 Å². The van der Waals surface area contributed by atoms with Gasteiger partial charge in [0.25, 0.3) is 5.91 Å². The maximum atomic E-state index is 12.2. The Balaban J connectivity index is 2.34. The summed E-state index contributed by atoms with van der Waals surface area (Å²) in [7, 11) is 0. The van der Waals surface area contributed by atoms with E-state index >= 15 is 0 Å². The van der Waals surface area contributed by atoms with E-state index in [2.05, 4.69) is 5.32 Å². The van der Waals surface area contributed by atoms with Crippen LogP contribution in [0.25, 0.3) is 0 Å². The van der Waals surface area contributed by atoms with Crippen LogP contribution >= 0.6 is 22.9 Å². The van der Waals surface area contributed by atoms with Crippen molar-refractivity contribution in [1.82, 2.24) is 0 Å². The van der Waals surface area contributed by atoms with Crippen molar-refractivity contribution >= 4 is 45.8 Å². The Morgan fingerprint density at radius 1 is 1.17 bits per heavy atom. The summed E-state index contributed by atoms with van der Waals surface area (Å²) in [5, 5.41) is 21.3. The van der Waals surface area contributed by atoms with E-state index in [1.165, 1.54) is 19.1 Å². The van der Waals surface area contributed by atoms with Gasteiger partial charge in [-0.3, -0.25) is 9.59 Å². The summed E-state index contributed by atoms with van der Waals surface area (Å²) >= 11 is 6.70. The molecule has 1 amide bonds. The highest BCUT2D eigenvalue weighted by Gasteiger charge is 2.23. The number of halogens is 1. The third-order valence-electron chi connectivity index (χ3n) is 3.10. The van der Waals surface area contributed by atoms with E-state index in [1.807, 2.05) is 0 Å². The summed E-state index contributed by atoms with van der Waals surface area (Å²) in [5.74, 6) is -2.78. The van der Waals surface area contributed by atoms with E-state index < -0.39 is 17.8 Å². The van der Waals surface area contributed by atoms with Gasteiger partial charge in [0.15, 0.2) is 0 Å². The lowest BCUT2D eigenvalue weighted by Gasteiger charge is -2.04. The molecule has 0 unspecified atom stereocenters. The van der Waals surface area contributed by atoms with Crippen LogP contribution in [0.15, 0.2) is 24.3 Å². The monoisotopic (exact) mass is 353 g/mol. The number of hydrogen-bond donors (Lipinski definition) is 3. The number of carboxylic acids is 2. The Labute approximate surface area is 140 Å². The van der Waals surface area contributed by atoms with Gasteiger partial charge in [0, 0.05) is 15.5 Å². The quantitative estimate of drug-likeness (QED) is 0.765. The number of anilines is 1. The molecule has 0 saturated carbocycles. The summed E-state index contributed by atoms with van der Waals surface area (Å²) in [6.45, 7) is 1.52. The van der Waals surface area contributed by atoms with Crippen LogP contribution < -0.4 is 5.32 Å². The van der Waals surface area contributed by atoms with Crippen LogP contribution in [0, 0.1) is 6.92 Å². The number of aromatic carboxylic acids is 1. The molecule has 0 atom stereocenters. The van der Waals surface area contributed by atoms with Gasteiger partial charge in [0.2, 0.25) is 0 Å². The average molecular weight is 354 g/mol. The molecule has 0 spiro atoms.